The summed E-state index contributed by atoms with van der Waals surface area (Å²) in [5.74, 6) is 0. The zero-order valence-corrected chi connectivity index (χ0v) is 7.30. The summed E-state index contributed by atoms with van der Waals surface area (Å²) in [6.07, 6.45) is 7.07. The molecule has 0 heterocycles. The fraction of sp³-hybridized carbons (Fsp3) is 0.429. The molecule has 0 aromatic heterocycles. The maximum atomic E-state index is 13.1. The Hall–Kier alpha value is 0.140. The summed E-state index contributed by atoms with van der Waals surface area (Å²) >= 11 is 2.09. The van der Waals surface area contributed by atoms with Crippen LogP contribution in [-0.2, 0) is 0 Å². The summed E-state index contributed by atoms with van der Waals surface area (Å²) in [6, 6.07) is 0. The quantitative estimate of drug-likeness (QED) is 0.449. The molecule has 2 atom stereocenters. The van der Waals surface area contributed by atoms with Gasteiger partial charge in [-0.2, -0.15) is 0 Å². The van der Waals surface area contributed by atoms with Gasteiger partial charge in [0.2, 0.25) is 0 Å². The highest BCUT2D eigenvalue weighted by Crippen LogP contribution is 2.28. The molecule has 1 aliphatic carbocycles. The van der Waals surface area contributed by atoms with E-state index in [0.717, 1.165) is 0 Å². The molecule has 0 amide bonds. The number of hydrogen-bond acceptors (Lipinski definition) is 0. The van der Waals surface area contributed by atoms with E-state index in [1.54, 1.807) is 19.1 Å². The summed E-state index contributed by atoms with van der Waals surface area (Å²) in [5.41, 5.74) is -1.14. The molecule has 0 fully saturated rings. The van der Waals surface area contributed by atoms with Crippen LogP contribution < -0.4 is 0 Å². The minimum Gasteiger partial charge on any atom is -0.238 e. The zero-order valence-electron chi connectivity index (χ0n) is 5.14. The van der Waals surface area contributed by atoms with Crippen LogP contribution in [0.4, 0.5) is 4.39 Å². The van der Waals surface area contributed by atoms with Gasteiger partial charge in [-0.3, -0.25) is 0 Å². The second kappa shape index (κ2) is 2.40. The number of rotatable bonds is 0. The highest BCUT2D eigenvalue weighted by Gasteiger charge is 2.28. The van der Waals surface area contributed by atoms with E-state index in [-0.39, 0.29) is 3.92 Å². The molecule has 2 heteroatoms. The monoisotopic (exact) mass is 238 g/mol. The molecular weight excluding hydrogens is 230 g/mol. The molecule has 0 aromatic carbocycles. The van der Waals surface area contributed by atoms with E-state index in [1.165, 1.54) is 0 Å². The lowest BCUT2D eigenvalue weighted by Gasteiger charge is -2.21. The van der Waals surface area contributed by atoms with Gasteiger partial charge >= 0.3 is 0 Å². The normalized spacial score (nSPS) is 41.4. The van der Waals surface area contributed by atoms with E-state index >= 15 is 0 Å². The first kappa shape index (κ1) is 7.25. The predicted octanol–water partition coefficient (Wildman–Crippen LogP) is 2.64. The first-order chi connectivity index (χ1) is 4.13. The topological polar surface area (TPSA) is 0 Å². The second-order valence-electron chi connectivity index (χ2n) is 2.30. The molecule has 0 N–H and O–H groups in total. The van der Waals surface area contributed by atoms with E-state index in [0.29, 0.717) is 0 Å². The summed E-state index contributed by atoms with van der Waals surface area (Å²) < 4.78 is 13.1. The molecule has 0 saturated heterocycles. The molecule has 0 aromatic rings. The summed E-state index contributed by atoms with van der Waals surface area (Å²) in [7, 11) is 0. The van der Waals surface area contributed by atoms with Gasteiger partial charge < -0.3 is 0 Å². The third-order valence-electron chi connectivity index (χ3n) is 1.35. The molecule has 0 nitrogen and oxygen atoms in total. The van der Waals surface area contributed by atoms with Crippen molar-refractivity contribution in [2.75, 3.05) is 0 Å². The number of halogens is 2. The maximum Gasteiger partial charge on any atom is 0.141 e. The first-order valence-electron chi connectivity index (χ1n) is 2.82. The van der Waals surface area contributed by atoms with Crippen LogP contribution in [0.5, 0.6) is 0 Å². The van der Waals surface area contributed by atoms with Crippen LogP contribution in [0.2, 0.25) is 0 Å². The highest BCUT2D eigenvalue weighted by atomic mass is 127. The van der Waals surface area contributed by atoms with Gasteiger partial charge in [0, 0.05) is 0 Å². The molecule has 50 valence electrons. The molecular formula is C7H8FI. The lowest BCUT2D eigenvalue weighted by molar-refractivity contribution is 0.273. The van der Waals surface area contributed by atoms with Crippen LogP contribution in [0.1, 0.15) is 6.92 Å². The van der Waals surface area contributed by atoms with Crippen molar-refractivity contribution in [1.82, 2.24) is 0 Å². The molecule has 0 spiro atoms. The third kappa shape index (κ3) is 1.53. The van der Waals surface area contributed by atoms with Crippen molar-refractivity contribution in [3.05, 3.63) is 24.3 Å². The van der Waals surface area contributed by atoms with E-state index < -0.39 is 5.67 Å². The van der Waals surface area contributed by atoms with E-state index in [1.807, 2.05) is 12.2 Å². The van der Waals surface area contributed by atoms with Crippen molar-refractivity contribution in [1.29, 1.82) is 0 Å². The third-order valence-corrected chi connectivity index (χ3v) is 2.99. The SMILES string of the molecule is CC1(F)C=CC=CC1I. The molecule has 0 saturated carbocycles. The Balaban J connectivity index is 2.78. The fourth-order valence-corrected chi connectivity index (χ4v) is 1.13. The Morgan fingerprint density at radius 3 is 2.56 bits per heavy atom. The van der Waals surface area contributed by atoms with Crippen molar-refractivity contribution in [2.24, 2.45) is 0 Å². The average Bonchev–Trinajstić information content (AvgIpc) is 1.77. The van der Waals surface area contributed by atoms with Crippen molar-refractivity contribution < 1.29 is 4.39 Å². The van der Waals surface area contributed by atoms with Crippen LogP contribution in [0.15, 0.2) is 24.3 Å². The van der Waals surface area contributed by atoms with Crippen LogP contribution in [0.25, 0.3) is 0 Å². The molecule has 0 radical (unpaired) electrons. The molecule has 1 aliphatic rings. The fourth-order valence-electron chi connectivity index (χ4n) is 0.685. The van der Waals surface area contributed by atoms with Crippen LogP contribution >= 0.6 is 22.6 Å². The second-order valence-corrected chi connectivity index (χ2v) is 3.64. The highest BCUT2D eigenvalue weighted by molar-refractivity contribution is 14.1. The lowest BCUT2D eigenvalue weighted by Crippen LogP contribution is -2.27. The van der Waals surface area contributed by atoms with Gasteiger partial charge in [0.15, 0.2) is 0 Å². The van der Waals surface area contributed by atoms with Crippen LogP contribution in [0.3, 0.4) is 0 Å². The molecule has 2 unspecified atom stereocenters. The average molecular weight is 238 g/mol. The molecule has 0 aliphatic heterocycles. The minimum absolute atomic E-state index is 0.0138. The van der Waals surface area contributed by atoms with Crippen molar-refractivity contribution >= 4 is 22.6 Å². The zero-order chi connectivity index (χ0) is 6.91. The van der Waals surface area contributed by atoms with E-state index in [4.69, 9.17) is 0 Å². The minimum atomic E-state index is -1.14. The number of alkyl halides is 2. The maximum absolute atomic E-state index is 13.1. The van der Waals surface area contributed by atoms with Crippen molar-refractivity contribution in [2.45, 2.75) is 16.5 Å². The Bertz CT molecular complexity index is 158. The van der Waals surface area contributed by atoms with Crippen LogP contribution in [-0.4, -0.2) is 9.59 Å². The summed E-state index contributed by atoms with van der Waals surface area (Å²) in [4.78, 5) is 0. The van der Waals surface area contributed by atoms with Gasteiger partial charge in [-0.1, -0.05) is 40.8 Å². The Kier molecular flexibility index (Phi) is 1.94. The van der Waals surface area contributed by atoms with Gasteiger partial charge in [-0.15, -0.1) is 0 Å². The van der Waals surface area contributed by atoms with Gasteiger partial charge in [0.05, 0.1) is 3.92 Å². The molecule has 9 heavy (non-hydrogen) atoms. The predicted molar refractivity (Wildman–Crippen MR) is 45.6 cm³/mol. The standard InChI is InChI=1S/C7H8FI/c1-7(8)5-3-2-4-6(7)9/h2-6H,1H3. The number of allylic oxidation sites excluding steroid dienone is 4. The largest absolute Gasteiger partial charge is 0.238 e. The lowest BCUT2D eigenvalue weighted by atomic mass is 10.0. The Morgan fingerprint density at radius 2 is 2.22 bits per heavy atom. The van der Waals surface area contributed by atoms with Crippen molar-refractivity contribution in [3.8, 4) is 0 Å². The van der Waals surface area contributed by atoms with Crippen LogP contribution in [0, 0.1) is 0 Å². The molecule has 0 bridgehead atoms. The Morgan fingerprint density at radius 1 is 1.56 bits per heavy atom. The first-order valence-corrected chi connectivity index (χ1v) is 4.06. The number of hydrogen-bond donors (Lipinski definition) is 0. The van der Waals surface area contributed by atoms with Gasteiger partial charge in [-0.25, -0.2) is 4.39 Å². The van der Waals surface area contributed by atoms with Gasteiger partial charge in [0.25, 0.3) is 0 Å². The van der Waals surface area contributed by atoms with Gasteiger partial charge in [0.1, 0.15) is 5.67 Å². The molecule has 1 rings (SSSR count). The summed E-state index contributed by atoms with van der Waals surface area (Å²) in [6.45, 7) is 1.59. The van der Waals surface area contributed by atoms with Gasteiger partial charge in [-0.05, 0) is 13.0 Å². The smallest absolute Gasteiger partial charge is 0.141 e. The summed E-state index contributed by atoms with van der Waals surface area (Å²) in [5, 5.41) is 0. The van der Waals surface area contributed by atoms with Crippen molar-refractivity contribution in [3.63, 3.8) is 0 Å². The van der Waals surface area contributed by atoms with E-state index in [9.17, 15) is 4.39 Å². The Labute approximate surface area is 68.0 Å². The van der Waals surface area contributed by atoms with E-state index in [2.05, 4.69) is 22.6 Å².